The number of unbranched alkanes of at least 4 members (excludes halogenated alkanes) is 2. The molecule has 1 saturated carbocycles. The van der Waals surface area contributed by atoms with Crippen molar-refractivity contribution in [1.82, 2.24) is 10.2 Å². The molecule has 38 heavy (non-hydrogen) atoms. The summed E-state index contributed by atoms with van der Waals surface area (Å²) in [4.78, 5) is 39.1. The van der Waals surface area contributed by atoms with Crippen LogP contribution in [-0.4, -0.2) is 35.2 Å². The molecule has 7 heteroatoms. The van der Waals surface area contributed by atoms with E-state index in [1.54, 1.807) is 0 Å². The highest BCUT2D eigenvalue weighted by molar-refractivity contribution is 6.36. The minimum atomic E-state index is -1.13. The van der Waals surface area contributed by atoms with E-state index in [4.69, 9.17) is 23.2 Å². The summed E-state index contributed by atoms with van der Waals surface area (Å²) < 4.78 is 0. The van der Waals surface area contributed by atoms with Crippen LogP contribution in [0.2, 0.25) is 0 Å². The molecule has 5 nitrogen and oxygen atoms in total. The number of halogens is 2. The number of hydrogen-bond donors (Lipinski definition) is 1. The van der Waals surface area contributed by atoms with Crippen molar-refractivity contribution in [3.8, 4) is 0 Å². The van der Waals surface area contributed by atoms with Crippen molar-refractivity contribution < 1.29 is 14.4 Å². The molecule has 0 aromatic heterocycles. The number of benzene rings is 2. The van der Waals surface area contributed by atoms with Crippen molar-refractivity contribution in [3.05, 3.63) is 70.8 Å². The molecule has 1 saturated heterocycles. The number of likely N-dealkylation sites (tertiary alicyclic amines) is 1. The first-order valence-electron chi connectivity index (χ1n) is 14.0. The molecule has 0 spiro atoms. The second-order valence-electron chi connectivity index (χ2n) is 11.6. The Balaban J connectivity index is 1.14. The quantitative estimate of drug-likeness (QED) is 0.266. The fraction of sp³-hybridized carbons (Fsp3) is 0.516. The minimum absolute atomic E-state index is 0.101. The maximum Gasteiger partial charge on any atom is 0.235 e. The van der Waals surface area contributed by atoms with Crippen molar-refractivity contribution in [2.75, 3.05) is 6.54 Å². The van der Waals surface area contributed by atoms with Crippen LogP contribution in [0.15, 0.2) is 48.5 Å². The van der Waals surface area contributed by atoms with Gasteiger partial charge in [-0.2, -0.15) is 0 Å². The first-order chi connectivity index (χ1) is 18.3. The lowest BCUT2D eigenvalue weighted by Crippen LogP contribution is -2.57. The van der Waals surface area contributed by atoms with E-state index in [0.717, 1.165) is 53.9 Å². The molecule has 2 atom stereocenters. The Morgan fingerprint density at radius 2 is 1.29 bits per heavy atom. The summed E-state index contributed by atoms with van der Waals surface area (Å²) in [5, 5.41) is 3.17. The number of nitrogens with one attached hydrogen (secondary N) is 1. The Kier molecular flexibility index (Phi) is 6.59. The maximum atomic E-state index is 13.8. The molecule has 7 rings (SSSR count). The van der Waals surface area contributed by atoms with Gasteiger partial charge in [-0.05, 0) is 66.7 Å². The van der Waals surface area contributed by atoms with E-state index < -0.39 is 21.6 Å². The van der Waals surface area contributed by atoms with Crippen LogP contribution < -0.4 is 5.32 Å². The molecule has 3 amide bonds. The molecule has 2 aromatic carbocycles. The fourth-order valence-electron chi connectivity index (χ4n) is 7.38. The monoisotopic (exact) mass is 552 g/mol. The lowest BCUT2D eigenvalue weighted by atomic mass is 9.54. The zero-order valence-corrected chi connectivity index (χ0v) is 23.2. The molecule has 200 valence electrons. The highest BCUT2D eigenvalue weighted by Crippen LogP contribution is 2.69. The van der Waals surface area contributed by atoms with Crippen molar-refractivity contribution in [2.45, 2.75) is 74.1 Å². The van der Waals surface area contributed by atoms with Gasteiger partial charge in [0.05, 0.1) is 11.8 Å². The van der Waals surface area contributed by atoms with Crippen LogP contribution in [0.5, 0.6) is 0 Å². The normalized spacial score (nSPS) is 33.1. The van der Waals surface area contributed by atoms with Crippen LogP contribution in [-0.2, 0) is 24.1 Å². The summed E-state index contributed by atoms with van der Waals surface area (Å²) >= 11 is 14.9. The van der Waals surface area contributed by atoms with Gasteiger partial charge in [0.2, 0.25) is 17.7 Å². The van der Waals surface area contributed by atoms with Crippen LogP contribution in [0.25, 0.3) is 0 Å². The zero-order chi connectivity index (χ0) is 26.7. The average Bonchev–Trinajstić information content (AvgIpc) is 3.19. The van der Waals surface area contributed by atoms with E-state index in [0.29, 0.717) is 25.4 Å². The van der Waals surface area contributed by atoms with E-state index in [1.165, 1.54) is 17.7 Å². The van der Waals surface area contributed by atoms with Gasteiger partial charge < -0.3 is 5.32 Å². The number of alkyl halides is 2. The van der Waals surface area contributed by atoms with E-state index in [2.05, 4.69) is 12.2 Å². The molecule has 0 unspecified atom stereocenters. The van der Waals surface area contributed by atoms with Crippen LogP contribution >= 0.6 is 23.2 Å². The molecule has 5 aliphatic rings. The first-order valence-corrected chi connectivity index (χ1v) is 14.8. The van der Waals surface area contributed by atoms with Crippen LogP contribution in [0, 0.1) is 17.8 Å². The summed E-state index contributed by atoms with van der Waals surface area (Å²) in [5.41, 5.74) is 3.27. The number of rotatable bonds is 7. The summed E-state index contributed by atoms with van der Waals surface area (Å²) in [5.74, 6) is -1.12. The van der Waals surface area contributed by atoms with Crippen LogP contribution in [0.1, 0.15) is 80.5 Å². The zero-order valence-electron chi connectivity index (χ0n) is 21.7. The van der Waals surface area contributed by atoms with E-state index in [9.17, 15) is 14.4 Å². The maximum absolute atomic E-state index is 13.8. The van der Waals surface area contributed by atoms with E-state index >= 15 is 0 Å². The van der Waals surface area contributed by atoms with Gasteiger partial charge in [-0.3, -0.25) is 19.3 Å². The summed E-state index contributed by atoms with van der Waals surface area (Å²) in [6.45, 7) is 2.59. The van der Waals surface area contributed by atoms with Gasteiger partial charge in [0.15, 0.2) is 0 Å². The molecule has 1 aliphatic heterocycles. The molecule has 0 radical (unpaired) electrons. The third-order valence-corrected chi connectivity index (χ3v) is 10.6. The topological polar surface area (TPSA) is 66.5 Å². The second-order valence-corrected chi connectivity index (χ2v) is 12.8. The van der Waals surface area contributed by atoms with Gasteiger partial charge >= 0.3 is 0 Å². The van der Waals surface area contributed by atoms with Gasteiger partial charge in [-0.1, -0.05) is 61.9 Å². The Labute approximate surface area is 234 Å². The predicted molar refractivity (Wildman–Crippen MR) is 148 cm³/mol. The van der Waals surface area contributed by atoms with Crippen molar-refractivity contribution in [1.29, 1.82) is 0 Å². The first kappa shape index (κ1) is 25.9. The van der Waals surface area contributed by atoms with Gasteiger partial charge in [0.1, 0.15) is 9.75 Å². The number of imide groups is 1. The lowest BCUT2D eigenvalue weighted by Gasteiger charge is -2.54. The Bertz CT molecular complexity index is 1160. The molecule has 2 bridgehead atoms. The molecule has 2 aromatic rings. The van der Waals surface area contributed by atoms with Crippen molar-refractivity contribution >= 4 is 40.9 Å². The third-order valence-electron chi connectivity index (χ3n) is 9.34. The van der Waals surface area contributed by atoms with Crippen molar-refractivity contribution in [3.63, 3.8) is 0 Å². The fourth-order valence-corrected chi connectivity index (χ4v) is 8.48. The largest absolute Gasteiger partial charge is 0.353 e. The second kappa shape index (κ2) is 9.67. The van der Waals surface area contributed by atoms with Crippen LogP contribution in [0.3, 0.4) is 0 Å². The van der Waals surface area contributed by atoms with Gasteiger partial charge in [-0.25, -0.2) is 0 Å². The lowest BCUT2D eigenvalue weighted by molar-refractivity contribution is -0.140. The minimum Gasteiger partial charge on any atom is -0.353 e. The molecule has 1 N–H and O–H groups in total. The number of carbonyl (C=O) groups excluding carboxylic acids is 3. The third kappa shape index (κ3) is 3.76. The number of amides is 3. The predicted octanol–water partition coefficient (Wildman–Crippen LogP) is 5.83. The average molecular weight is 554 g/mol. The Morgan fingerprint density at radius 3 is 1.76 bits per heavy atom. The van der Waals surface area contributed by atoms with Crippen molar-refractivity contribution in [2.24, 2.45) is 17.8 Å². The Hall–Kier alpha value is -2.37. The Morgan fingerprint density at radius 1 is 0.816 bits per heavy atom. The van der Waals surface area contributed by atoms with Gasteiger partial charge in [0.25, 0.3) is 0 Å². The standard InChI is InChI=1S/C31H34Cl2N2O3/c1-19-14-16-20(17-15-19)34-25(36)13-3-2-8-18-35-28(37)26-27(29(35)38)31(33)22-10-5-4-9-21(22)30(26,32)23-11-6-7-12-24(23)31/h4-7,9-12,19-20,26-27H,2-3,8,13-18H2,1H3,(H,34,36)/t19?,20?,26-,27+,30?,31?. The van der Waals surface area contributed by atoms with Crippen LogP contribution in [0.4, 0.5) is 0 Å². The molecular weight excluding hydrogens is 519 g/mol. The highest BCUT2D eigenvalue weighted by atomic mass is 35.5. The summed E-state index contributed by atoms with van der Waals surface area (Å²) in [6, 6.07) is 15.7. The molecule has 2 fully saturated rings. The van der Waals surface area contributed by atoms with E-state index in [1.807, 2.05) is 48.5 Å². The number of carbonyl (C=O) groups is 3. The van der Waals surface area contributed by atoms with E-state index in [-0.39, 0.29) is 17.7 Å². The SMILES string of the molecule is CC1CCC(NC(=O)CCCCCN2C(=O)[C@@H]3[C@H](C2=O)C2(Cl)c4ccccc4C3(Cl)c3ccccc32)CC1. The number of nitrogens with zero attached hydrogens (tertiary/aromatic N) is 1. The summed E-state index contributed by atoms with van der Waals surface area (Å²) in [6.07, 6.45) is 7.09. The summed E-state index contributed by atoms with van der Waals surface area (Å²) in [7, 11) is 0. The highest BCUT2D eigenvalue weighted by Gasteiger charge is 2.72. The van der Waals surface area contributed by atoms with Gasteiger partial charge in [0, 0.05) is 19.0 Å². The number of hydrogen-bond acceptors (Lipinski definition) is 3. The molecule has 1 heterocycles. The molecule has 4 aliphatic carbocycles. The molecular formula is C31H34Cl2N2O3. The van der Waals surface area contributed by atoms with Gasteiger partial charge in [-0.15, -0.1) is 23.2 Å². The smallest absolute Gasteiger partial charge is 0.235 e.